The van der Waals surface area contributed by atoms with E-state index >= 15 is 0 Å². The van der Waals surface area contributed by atoms with Crippen LogP contribution in [0.3, 0.4) is 0 Å². The molecule has 4 rings (SSSR count). The molecule has 0 saturated carbocycles. The quantitative estimate of drug-likeness (QED) is 0.490. The smallest absolute Gasteiger partial charge is 0.248 e. The van der Waals surface area contributed by atoms with Crippen molar-refractivity contribution in [3.05, 3.63) is 77.0 Å². The Morgan fingerprint density at radius 3 is 2.50 bits per heavy atom. The van der Waals surface area contributed by atoms with Gasteiger partial charge in [-0.25, -0.2) is 0 Å². The van der Waals surface area contributed by atoms with Crippen molar-refractivity contribution < 1.29 is 9.21 Å². The largest absolute Gasteiger partial charge is 0.457 e. The average Bonchev–Trinajstić information content (AvgIpc) is 3.29. The summed E-state index contributed by atoms with van der Waals surface area (Å²) in [6.07, 6.45) is 3.14. The molecule has 5 nitrogen and oxygen atoms in total. The van der Waals surface area contributed by atoms with Gasteiger partial charge in [-0.2, -0.15) is 0 Å². The lowest BCUT2D eigenvalue weighted by molar-refractivity contribution is -0.111. The minimum absolute atomic E-state index is 0.203. The highest BCUT2D eigenvalue weighted by atomic mass is 35.5. The number of furan rings is 1. The Kier molecular flexibility index (Phi) is 6.98. The summed E-state index contributed by atoms with van der Waals surface area (Å²) in [7, 11) is 0. The zero-order valence-electron chi connectivity index (χ0n) is 18.5. The van der Waals surface area contributed by atoms with Crippen molar-refractivity contribution in [2.45, 2.75) is 13.8 Å². The number of benzene rings is 2. The molecule has 6 heteroatoms. The lowest BCUT2D eigenvalue weighted by Gasteiger charge is -2.35. The third-order valence-electron chi connectivity index (χ3n) is 5.80. The number of halogens is 1. The first-order valence-corrected chi connectivity index (χ1v) is 11.3. The maximum absolute atomic E-state index is 12.3. The molecule has 1 aromatic heterocycles. The Morgan fingerprint density at radius 2 is 1.81 bits per heavy atom. The fourth-order valence-electron chi connectivity index (χ4n) is 3.76. The van der Waals surface area contributed by atoms with Gasteiger partial charge in [0.1, 0.15) is 11.5 Å². The third kappa shape index (κ3) is 5.42. The molecular formula is C26H28ClN3O2. The summed E-state index contributed by atoms with van der Waals surface area (Å²) in [6, 6.07) is 17.5. The van der Waals surface area contributed by atoms with Gasteiger partial charge >= 0.3 is 0 Å². The number of hydrogen-bond donors (Lipinski definition) is 1. The molecule has 1 saturated heterocycles. The van der Waals surface area contributed by atoms with E-state index in [0.717, 1.165) is 49.5 Å². The van der Waals surface area contributed by atoms with E-state index in [2.05, 4.69) is 34.2 Å². The molecule has 2 aromatic carbocycles. The molecule has 166 valence electrons. The number of aryl methyl sites for hydroxylation is 1. The second-order valence-electron chi connectivity index (χ2n) is 7.96. The molecule has 0 unspecified atom stereocenters. The Labute approximate surface area is 194 Å². The second-order valence-corrected chi connectivity index (χ2v) is 8.36. The van der Waals surface area contributed by atoms with Crippen LogP contribution >= 0.6 is 11.6 Å². The van der Waals surface area contributed by atoms with E-state index in [1.807, 2.05) is 49.4 Å². The molecule has 1 amide bonds. The number of carbonyl (C=O) groups is 1. The van der Waals surface area contributed by atoms with Crippen molar-refractivity contribution >= 4 is 35.0 Å². The molecule has 32 heavy (non-hydrogen) atoms. The number of amides is 1. The van der Waals surface area contributed by atoms with Gasteiger partial charge in [0.15, 0.2) is 0 Å². The fourth-order valence-corrected chi connectivity index (χ4v) is 3.94. The van der Waals surface area contributed by atoms with Gasteiger partial charge in [0, 0.05) is 54.2 Å². The predicted molar refractivity (Wildman–Crippen MR) is 132 cm³/mol. The molecule has 0 bridgehead atoms. The lowest BCUT2D eigenvalue weighted by atomic mass is 10.1. The van der Waals surface area contributed by atoms with Crippen molar-refractivity contribution in [3.63, 3.8) is 0 Å². The number of anilines is 2. The molecule has 3 aromatic rings. The molecule has 2 heterocycles. The minimum atomic E-state index is -0.203. The highest BCUT2D eigenvalue weighted by molar-refractivity contribution is 6.31. The summed E-state index contributed by atoms with van der Waals surface area (Å²) in [6.45, 7) is 9.50. The van der Waals surface area contributed by atoms with Crippen LogP contribution in [-0.4, -0.2) is 43.5 Å². The van der Waals surface area contributed by atoms with Gasteiger partial charge in [0.05, 0.1) is 0 Å². The molecule has 0 spiro atoms. The van der Waals surface area contributed by atoms with Crippen LogP contribution in [0.15, 0.2) is 65.1 Å². The third-order valence-corrected chi connectivity index (χ3v) is 6.21. The fraction of sp³-hybridized carbons (Fsp3) is 0.269. The van der Waals surface area contributed by atoms with E-state index in [1.54, 1.807) is 6.08 Å². The summed E-state index contributed by atoms with van der Waals surface area (Å²) in [4.78, 5) is 17.2. The van der Waals surface area contributed by atoms with Crippen LogP contribution in [0.4, 0.5) is 11.4 Å². The van der Waals surface area contributed by atoms with Gasteiger partial charge in [0.25, 0.3) is 0 Å². The van der Waals surface area contributed by atoms with E-state index in [-0.39, 0.29) is 5.91 Å². The number of rotatable bonds is 6. The standard InChI is InChI=1S/C26H28ClN3O2/c1-3-29-14-16-30(17-15-29)22-8-6-21(7-9-22)28-26(31)13-11-23-10-12-25(32-23)20-5-4-19(2)24(27)18-20/h4-13,18H,3,14-17H2,1-2H3,(H,28,31). The maximum Gasteiger partial charge on any atom is 0.248 e. The molecule has 0 atom stereocenters. The first-order valence-electron chi connectivity index (χ1n) is 10.9. The first kappa shape index (κ1) is 22.2. The number of likely N-dealkylation sites (N-methyl/N-ethyl adjacent to an activating group) is 1. The second kappa shape index (κ2) is 10.1. The van der Waals surface area contributed by atoms with Crippen molar-refractivity contribution in [2.24, 2.45) is 0 Å². The van der Waals surface area contributed by atoms with Gasteiger partial charge in [-0.15, -0.1) is 0 Å². The summed E-state index contributed by atoms with van der Waals surface area (Å²) in [5.41, 5.74) is 3.88. The molecule has 1 aliphatic rings. The lowest BCUT2D eigenvalue weighted by Crippen LogP contribution is -2.46. The Balaban J connectivity index is 1.33. The number of carbonyl (C=O) groups excluding carboxylic acids is 1. The molecule has 1 N–H and O–H groups in total. The minimum Gasteiger partial charge on any atom is -0.457 e. The van der Waals surface area contributed by atoms with Crippen molar-refractivity contribution in [1.29, 1.82) is 0 Å². The Bertz CT molecular complexity index is 1100. The van der Waals surface area contributed by atoms with Gasteiger partial charge in [-0.3, -0.25) is 4.79 Å². The Morgan fingerprint density at radius 1 is 1.06 bits per heavy atom. The SMILES string of the molecule is CCN1CCN(c2ccc(NC(=O)C=Cc3ccc(-c4ccc(C)c(Cl)c4)o3)cc2)CC1. The zero-order valence-corrected chi connectivity index (χ0v) is 19.2. The van der Waals surface area contributed by atoms with Crippen LogP contribution in [0.2, 0.25) is 5.02 Å². The van der Waals surface area contributed by atoms with Crippen molar-refractivity contribution in [1.82, 2.24) is 4.90 Å². The number of piperazine rings is 1. The number of hydrogen-bond acceptors (Lipinski definition) is 4. The van der Waals surface area contributed by atoms with Gasteiger partial charge in [-0.1, -0.05) is 30.7 Å². The highest BCUT2D eigenvalue weighted by Crippen LogP contribution is 2.27. The van der Waals surface area contributed by atoms with E-state index in [0.29, 0.717) is 16.5 Å². The molecule has 1 fully saturated rings. The first-order chi connectivity index (χ1) is 15.5. The topological polar surface area (TPSA) is 48.7 Å². The predicted octanol–water partition coefficient (Wildman–Crippen LogP) is 5.70. The van der Waals surface area contributed by atoms with Crippen LogP contribution in [0, 0.1) is 6.92 Å². The average molecular weight is 450 g/mol. The normalized spacial score (nSPS) is 14.8. The maximum atomic E-state index is 12.3. The molecular weight excluding hydrogens is 422 g/mol. The van der Waals surface area contributed by atoms with Crippen LogP contribution < -0.4 is 10.2 Å². The van der Waals surface area contributed by atoms with Crippen LogP contribution in [0.1, 0.15) is 18.2 Å². The highest BCUT2D eigenvalue weighted by Gasteiger charge is 2.15. The monoisotopic (exact) mass is 449 g/mol. The molecule has 0 radical (unpaired) electrons. The summed E-state index contributed by atoms with van der Waals surface area (Å²) in [5.74, 6) is 1.11. The van der Waals surface area contributed by atoms with Gasteiger partial charge in [-0.05, 0) is 67.6 Å². The van der Waals surface area contributed by atoms with Crippen molar-refractivity contribution in [2.75, 3.05) is 42.9 Å². The molecule has 1 aliphatic heterocycles. The van der Waals surface area contributed by atoms with E-state index < -0.39 is 0 Å². The van der Waals surface area contributed by atoms with E-state index in [1.165, 1.54) is 11.8 Å². The van der Waals surface area contributed by atoms with E-state index in [9.17, 15) is 4.79 Å². The van der Waals surface area contributed by atoms with Crippen molar-refractivity contribution in [3.8, 4) is 11.3 Å². The summed E-state index contributed by atoms with van der Waals surface area (Å²) >= 11 is 6.20. The Hall–Kier alpha value is -3.02. The van der Waals surface area contributed by atoms with Gasteiger partial charge < -0.3 is 19.5 Å². The van der Waals surface area contributed by atoms with Crippen LogP contribution in [-0.2, 0) is 4.79 Å². The van der Waals surface area contributed by atoms with Crippen LogP contribution in [0.5, 0.6) is 0 Å². The van der Waals surface area contributed by atoms with Gasteiger partial charge in [0.2, 0.25) is 5.91 Å². The number of nitrogens with one attached hydrogen (secondary N) is 1. The zero-order chi connectivity index (χ0) is 22.5. The number of nitrogens with zero attached hydrogens (tertiary/aromatic N) is 2. The molecule has 0 aliphatic carbocycles. The summed E-state index contributed by atoms with van der Waals surface area (Å²) in [5, 5.41) is 3.60. The van der Waals surface area contributed by atoms with E-state index in [4.69, 9.17) is 16.0 Å². The summed E-state index contributed by atoms with van der Waals surface area (Å²) < 4.78 is 5.83. The van der Waals surface area contributed by atoms with Crippen LogP contribution in [0.25, 0.3) is 17.4 Å².